The number of benzene rings is 2. The highest BCUT2D eigenvalue weighted by molar-refractivity contribution is 5.86. The fourth-order valence-corrected chi connectivity index (χ4v) is 2.59. The summed E-state index contributed by atoms with van der Waals surface area (Å²) < 4.78 is 10.5. The third kappa shape index (κ3) is 5.61. The van der Waals surface area contributed by atoms with Crippen LogP contribution in [0.3, 0.4) is 0 Å². The van der Waals surface area contributed by atoms with Gasteiger partial charge >= 0.3 is 5.97 Å². The highest BCUT2D eigenvalue weighted by atomic mass is 16.9. The van der Waals surface area contributed by atoms with Gasteiger partial charge in [0.05, 0.1) is 26.2 Å². The van der Waals surface area contributed by atoms with Gasteiger partial charge in [-0.1, -0.05) is 24.3 Å². The molecule has 2 aromatic carbocycles. The van der Waals surface area contributed by atoms with Gasteiger partial charge < -0.3 is 14.3 Å². The van der Waals surface area contributed by atoms with Gasteiger partial charge in [-0.05, 0) is 54.7 Å². The van der Waals surface area contributed by atoms with Crippen LogP contribution in [0.25, 0.3) is 10.8 Å². The first kappa shape index (κ1) is 19.5. The molecule has 0 saturated heterocycles. The van der Waals surface area contributed by atoms with Gasteiger partial charge in [-0.25, -0.2) is 0 Å². The highest BCUT2D eigenvalue weighted by Gasteiger charge is 2.17. The first-order chi connectivity index (χ1) is 12.5. The Morgan fingerprint density at radius 1 is 1.08 bits per heavy atom. The molecule has 0 aliphatic carbocycles. The van der Waals surface area contributed by atoms with Gasteiger partial charge in [0.25, 0.3) is 5.09 Å². The Kier molecular flexibility index (Phi) is 7.20. The van der Waals surface area contributed by atoms with Crippen LogP contribution in [-0.4, -0.2) is 31.4 Å². The number of hydrogen-bond donors (Lipinski definition) is 0. The molecule has 0 heterocycles. The summed E-state index contributed by atoms with van der Waals surface area (Å²) in [5, 5.41) is 11.3. The molecular weight excluding hydrogens is 338 g/mol. The van der Waals surface area contributed by atoms with Crippen molar-refractivity contribution < 1.29 is 24.2 Å². The Labute approximate surface area is 152 Å². The van der Waals surface area contributed by atoms with Crippen LogP contribution in [0.1, 0.15) is 37.7 Å². The van der Waals surface area contributed by atoms with Gasteiger partial charge in [-0.3, -0.25) is 4.79 Å². The Balaban J connectivity index is 1.82. The standard InChI is InChI=1S/C19H23NO6/c1-14(19(21)25-10-4-3-5-11-26-20(22)23)15-6-7-17-13-18(24-2)9-8-16(17)12-15/h6-9,12-14H,3-5,10-11H2,1-2H3/t14-/m0/s1. The predicted molar refractivity (Wildman–Crippen MR) is 96.7 cm³/mol. The summed E-state index contributed by atoms with van der Waals surface area (Å²) in [6.07, 6.45) is 1.91. The minimum atomic E-state index is -0.804. The van der Waals surface area contributed by atoms with E-state index in [1.54, 1.807) is 7.11 Å². The van der Waals surface area contributed by atoms with E-state index in [1.807, 2.05) is 43.3 Å². The van der Waals surface area contributed by atoms with E-state index in [1.165, 1.54) is 0 Å². The maximum atomic E-state index is 12.2. The topological polar surface area (TPSA) is 87.9 Å². The molecule has 7 heteroatoms. The number of methoxy groups -OCH3 is 1. The largest absolute Gasteiger partial charge is 0.497 e. The summed E-state index contributed by atoms with van der Waals surface area (Å²) >= 11 is 0. The first-order valence-electron chi connectivity index (χ1n) is 8.53. The third-order valence-electron chi connectivity index (χ3n) is 4.15. The molecule has 0 aliphatic heterocycles. The average molecular weight is 361 g/mol. The predicted octanol–water partition coefficient (Wildman–Crippen LogP) is 3.87. The van der Waals surface area contributed by atoms with Crippen LogP contribution in [0.15, 0.2) is 36.4 Å². The summed E-state index contributed by atoms with van der Waals surface area (Å²) in [6.45, 7) is 2.18. The molecular formula is C19H23NO6. The van der Waals surface area contributed by atoms with Gasteiger partial charge in [-0.2, -0.15) is 0 Å². The van der Waals surface area contributed by atoms with Crippen molar-refractivity contribution in [2.24, 2.45) is 0 Å². The van der Waals surface area contributed by atoms with Crippen molar-refractivity contribution in [1.82, 2.24) is 0 Å². The van der Waals surface area contributed by atoms with Crippen LogP contribution in [-0.2, 0) is 14.4 Å². The van der Waals surface area contributed by atoms with Gasteiger partial charge in [-0.15, -0.1) is 10.1 Å². The molecule has 140 valence electrons. The van der Waals surface area contributed by atoms with Crippen molar-refractivity contribution >= 4 is 16.7 Å². The van der Waals surface area contributed by atoms with E-state index in [4.69, 9.17) is 9.47 Å². The molecule has 2 rings (SSSR count). The van der Waals surface area contributed by atoms with E-state index in [-0.39, 0.29) is 18.5 Å². The average Bonchev–Trinajstić information content (AvgIpc) is 2.65. The van der Waals surface area contributed by atoms with Crippen LogP contribution < -0.4 is 4.74 Å². The number of hydrogen-bond acceptors (Lipinski definition) is 6. The van der Waals surface area contributed by atoms with E-state index in [9.17, 15) is 14.9 Å². The molecule has 26 heavy (non-hydrogen) atoms. The number of rotatable bonds is 10. The van der Waals surface area contributed by atoms with Crippen molar-refractivity contribution in [2.45, 2.75) is 32.1 Å². The van der Waals surface area contributed by atoms with Gasteiger partial charge in [0.15, 0.2) is 0 Å². The molecule has 0 aliphatic rings. The minimum absolute atomic E-state index is 0.0687. The number of ether oxygens (including phenoxy) is 2. The van der Waals surface area contributed by atoms with Crippen molar-refractivity contribution in [3.63, 3.8) is 0 Å². The lowest BCUT2D eigenvalue weighted by molar-refractivity contribution is -0.757. The van der Waals surface area contributed by atoms with Crippen molar-refractivity contribution in [3.05, 3.63) is 52.1 Å². The summed E-state index contributed by atoms with van der Waals surface area (Å²) in [4.78, 5) is 26.4. The number of carbonyl (C=O) groups excluding carboxylic acids is 1. The quantitative estimate of drug-likeness (QED) is 0.276. The molecule has 0 N–H and O–H groups in total. The van der Waals surface area contributed by atoms with Crippen LogP contribution in [0, 0.1) is 10.1 Å². The molecule has 0 radical (unpaired) electrons. The maximum absolute atomic E-state index is 12.2. The molecule has 1 atom stereocenters. The molecule has 0 amide bonds. The van der Waals surface area contributed by atoms with Crippen molar-refractivity contribution in [2.75, 3.05) is 20.3 Å². The van der Waals surface area contributed by atoms with E-state index >= 15 is 0 Å². The summed E-state index contributed by atoms with van der Waals surface area (Å²) in [5.74, 6) is 0.153. The molecule has 0 fully saturated rings. The van der Waals surface area contributed by atoms with Crippen molar-refractivity contribution in [3.8, 4) is 5.75 Å². The van der Waals surface area contributed by atoms with Crippen LogP contribution >= 0.6 is 0 Å². The molecule has 0 spiro atoms. The summed E-state index contributed by atoms with van der Waals surface area (Å²) in [7, 11) is 1.63. The van der Waals surface area contributed by atoms with E-state index < -0.39 is 5.09 Å². The number of nitrogens with zero attached hydrogens (tertiary/aromatic N) is 1. The van der Waals surface area contributed by atoms with Crippen molar-refractivity contribution in [1.29, 1.82) is 0 Å². The normalized spacial score (nSPS) is 11.8. The Bertz CT molecular complexity index is 761. The Morgan fingerprint density at radius 2 is 1.77 bits per heavy atom. The zero-order valence-corrected chi connectivity index (χ0v) is 15.0. The molecule has 0 aromatic heterocycles. The first-order valence-corrected chi connectivity index (χ1v) is 8.53. The molecule has 0 saturated carbocycles. The fourth-order valence-electron chi connectivity index (χ4n) is 2.59. The number of esters is 1. The zero-order chi connectivity index (χ0) is 18.9. The molecule has 2 aromatic rings. The lowest BCUT2D eigenvalue weighted by Gasteiger charge is -2.13. The van der Waals surface area contributed by atoms with Gasteiger partial charge in [0, 0.05) is 0 Å². The Hall–Kier alpha value is -2.83. The second-order valence-corrected chi connectivity index (χ2v) is 5.98. The summed E-state index contributed by atoms with van der Waals surface area (Å²) in [6, 6.07) is 11.7. The van der Waals surface area contributed by atoms with E-state index in [2.05, 4.69) is 4.84 Å². The highest BCUT2D eigenvalue weighted by Crippen LogP contribution is 2.25. The lowest BCUT2D eigenvalue weighted by atomic mass is 9.98. The minimum Gasteiger partial charge on any atom is -0.497 e. The molecule has 7 nitrogen and oxygen atoms in total. The lowest BCUT2D eigenvalue weighted by Crippen LogP contribution is -2.14. The Morgan fingerprint density at radius 3 is 2.50 bits per heavy atom. The number of fused-ring (bicyclic) bond motifs is 1. The molecule has 0 bridgehead atoms. The number of unbranched alkanes of at least 4 members (excludes halogenated alkanes) is 2. The van der Waals surface area contributed by atoms with E-state index in [0.29, 0.717) is 25.9 Å². The maximum Gasteiger partial charge on any atom is 0.313 e. The summed E-state index contributed by atoms with van der Waals surface area (Å²) in [5.41, 5.74) is 0.895. The zero-order valence-electron chi connectivity index (χ0n) is 15.0. The molecule has 0 unspecified atom stereocenters. The van der Waals surface area contributed by atoms with Crippen LogP contribution in [0.2, 0.25) is 0 Å². The van der Waals surface area contributed by atoms with Crippen LogP contribution in [0.5, 0.6) is 5.75 Å². The fraction of sp³-hybridized carbons (Fsp3) is 0.421. The van der Waals surface area contributed by atoms with Gasteiger partial charge in [0.2, 0.25) is 0 Å². The number of carbonyl (C=O) groups is 1. The second kappa shape index (κ2) is 9.60. The smallest absolute Gasteiger partial charge is 0.313 e. The second-order valence-electron chi connectivity index (χ2n) is 5.98. The van der Waals surface area contributed by atoms with E-state index in [0.717, 1.165) is 22.1 Å². The SMILES string of the molecule is COc1ccc2cc([C@H](C)C(=O)OCCCCCO[N+](=O)[O-])ccc2c1. The van der Waals surface area contributed by atoms with Gasteiger partial charge in [0.1, 0.15) is 5.75 Å². The van der Waals surface area contributed by atoms with Crippen LogP contribution in [0.4, 0.5) is 0 Å². The third-order valence-corrected chi connectivity index (χ3v) is 4.15. The monoisotopic (exact) mass is 361 g/mol.